The highest BCUT2D eigenvalue weighted by atomic mass is 35.5. The van der Waals surface area contributed by atoms with E-state index in [2.05, 4.69) is 10.1 Å². The molecule has 0 spiro atoms. The Labute approximate surface area is 212 Å². The number of thiocarbonyl (C=S) groups is 1. The normalized spacial score (nSPS) is 14.5. The van der Waals surface area contributed by atoms with Crippen LogP contribution in [0.2, 0.25) is 5.02 Å². The van der Waals surface area contributed by atoms with Gasteiger partial charge in [0.15, 0.2) is 0 Å². The fraction of sp³-hybridized carbons (Fsp3) is 0.250. The number of carbonyl (C=O) groups is 3. The van der Waals surface area contributed by atoms with E-state index in [1.54, 1.807) is 35.2 Å². The van der Waals surface area contributed by atoms with E-state index < -0.39 is 5.97 Å². The van der Waals surface area contributed by atoms with Crippen molar-refractivity contribution in [3.8, 4) is 5.75 Å². The quantitative estimate of drug-likeness (QED) is 0.154. The zero-order valence-corrected chi connectivity index (χ0v) is 20.8. The summed E-state index contributed by atoms with van der Waals surface area (Å²) in [6.07, 6.45) is 4.09. The molecule has 2 aromatic rings. The highest BCUT2D eigenvalue weighted by molar-refractivity contribution is 8.26. The number of nitrogens with one attached hydrogen (secondary N) is 1. The number of hydrogen-bond acceptors (Lipinski definition) is 7. The molecule has 1 heterocycles. The lowest BCUT2D eigenvalue weighted by Gasteiger charge is -2.14. The van der Waals surface area contributed by atoms with Gasteiger partial charge in [0.25, 0.3) is 5.91 Å². The van der Waals surface area contributed by atoms with Crippen LogP contribution in [0.5, 0.6) is 5.75 Å². The molecule has 7 nitrogen and oxygen atoms in total. The van der Waals surface area contributed by atoms with E-state index in [1.807, 2.05) is 0 Å². The molecule has 1 aliphatic rings. The third-order valence-corrected chi connectivity index (χ3v) is 6.63. The Morgan fingerprint density at radius 3 is 2.62 bits per heavy atom. The van der Waals surface area contributed by atoms with Gasteiger partial charge in [-0.15, -0.1) is 0 Å². The van der Waals surface area contributed by atoms with Crippen molar-refractivity contribution in [3.05, 3.63) is 63.5 Å². The Hall–Kier alpha value is -2.88. The maximum atomic E-state index is 12.8. The van der Waals surface area contributed by atoms with Crippen molar-refractivity contribution in [2.24, 2.45) is 0 Å². The van der Waals surface area contributed by atoms with E-state index in [-0.39, 0.29) is 29.7 Å². The van der Waals surface area contributed by atoms with Gasteiger partial charge < -0.3 is 15.2 Å². The van der Waals surface area contributed by atoms with E-state index in [1.165, 1.54) is 37.1 Å². The first-order valence-corrected chi connectivity index (χ1v) is 12.1. The highest BCUT2D eigenvalue weighted by Crippen LogP contribution is 2.33. The average Bonchev–Trinajstić information content (AvgIpc) is 3.08. The number of esters is 1. The van der Waals surface area contributed by atoms with E-state index in [4.69, 9.17) is 23.8 Å². The summed E-state index contributed by atoms with van der Waals surface area (Å²) in [5.41, 5.74) is 1.50. The Balaban J connectivity index is 1.44. The summed E-state index contributed by atoms with van der Waals surface area (Å²) >= 11 is 12.5. The summed E-state index contributed by atoms with van der Waals surface area (Å²) in [7, 11) is 1.32. The van der Waals surface area contributed by atoms with Crippen LogP contribution >= 0.6 is 35.6 Å². The van der Waals surface area contributed by atoms with Gasteiger partial charge in [-0.3, -0.25) is 14.5 Å². The maximum absolute atomic E-state index is 12.8. The summed E-state index contributed by atoms with van der Waals surface area (Å²) in [6, 6.07) is 11.2. The second-order valence-electron chi connectivity index (χ2n) is 7.47. The Morgan fingerprint density at radius 2 is 1.91 bits per heavy atom. The first-order valence-electron chi connectivity index (χ1n) is 10.5. The van der Waals surface area contributed by atoms with Crippen molar-refractivity contribution in [2.75, 3.05) is 19.0 Å². The number of methoxy groups -OCH3 is 1. The fourth-order valence-electron chi connectivity index (χ4n) is 3.23. The predicted octanol–water partition coefficient (Wildman–Crippen LogP) is 5.23. The number of phenols is 1. The van der Waals surface area contributed by atoms with Gasteiger partial charge in [0, 0.05) is 18.0 Å². The summed E-state index contributed by atoms with van der Waals surface area (Å²) < 4.78 is 5.18. The minimum absolute atomic E-state index is 0.0421. The molecule has 0 bridgehead atoms. The number of carbonyl (C=O) groups excluding carboxylic acids is 3. The summed E-state index contributed by atoms with van der Waals surface area (Å²) in [5.74, 6) is -0.830. The van der Waals surface area contributed by atoms with Crippen molar-refractivity contribution in [1.82, 2.24) is 4.90 Å². The number of aromatic hydroxyl groups is 1. The largest absolute Gasteiger partial charge is 0.506 e. The minimum atomic E-state index is -0.419. The smallest absolute Gasteiger partial charge is 0.337 e. The van der Waals surface area contributed by atoms with Crippen LogP contribution in [0.15, 0.2) is 47.4 Å². The number of nitrogens with zero attached hydrogens (tertiary/aromatic N) is 1. The molecule has 0 atom stereocenters. The monoisotopic (exact) mass is 518 g/mol. The number of amides is 2. The molecule has 0 radical (unpaired) electrons. The minimum Gasteiger partial charge on any atom is -0.506 e. The standard InChI is InChI=1S/C24H23ClN2O5S2/c1-32-23(31)16-8-6-15(7-9-16)13-20-22(30)27(24(33)34-20)12-4-2-3-5-21(29)26-18-14-17(25)10-11-19(18)28/h6-11,13-14,28H,2-5,12H2,1H3,(H,26,29)/b20-13-. The van der Waals surface area contributed by atoms with Gasteiger partial charge in [-0.2, -0.15) is 0 Å². The fourth-order valence-corrected chi connectivity index (χ4v) is 4.71. The van der Waals surface area contributed by atoms with E-state index in [0.29, 0.717) is 39.2 Å². The zero-order valence-electron chi connectivity index (χ0n) is 18.4. The summed E-state index contributed by atoms with van der Waals surface area (Å²) in [4.78, 5) is 38.5. The van der Waals surface area contributed by atoms with Crippen LogP contribution in [0.3, 0.4) is 0 Å². The van der Waals surface area contributed by atoms with Crippen LogP contribution in [0.4, 0.5) is 5.69 Å². The predicted molar refractivity (Wildman–Crippen MR) is 138 cm³/mol. The number of benzene rings is 2. The molecule has 0 aromatic heterocycles. The molecule has 1 aliphatic heterocycles. The number of ether oxygens (including phenoxy) is 1. The molecule has 3 rings (SSSR count). The molecule has 1 fully saturated rings. The lowest BCUT2D eigenvalue weighted by molar-refractivity contribution is -0.122. The SMILES string of the molecule is COC(=O)c1ccc(/C=C2\SC(=S)N(CCCCCC(=O)Nc3cc(Cl)ccc3O)C2=O)cc1. The van der Waals surface area contributed by atoms with Gasteiger partial charge in [-0.05, 0) is 54.8 Å². The average molecular weight is 519 g/mol. The maximum Gasteiger partial charge on any atom is 0.337 e. The van der Waals surface area contributed by atoms with Gasteiger partial charge >= 0.3 is 5.97 Å². The first kappa shape index (κ1) is 25.7. The third-order valence-electron chi connectivity index (χ3n) is 5.02. The number of phenolic OH excluding ortho intramolecular Hbond substituents is 1. The van der Waals surface area contributed by atoms with E-state index in [9.17, 15) is 19.5 Å². The van der Waals surface area contributed by atoms with Crippen molar-refractivity contribution < 1.29 is 24.2 Å². The second-order valence-corrected chi connectivity index (χ2v) is 9.58. The summed E-state index contributed by atoms with van der Waals surface area (Å²) in [6.45, 7) is 0.472. The molecular weight excluding hydrogens is 496 g/mol. The lowest BCUT2D eigenvalue weighted by atomic mass is 10.1. The first-order chi connectivity index (χ1) is 16.3. The lowest BCUT2D eigenvalue weighted by Crippen LogP contribution is -2.29. The summed E-state index contributed by atoms with van der Waals surface area (Å²) in [5, 5.41) is 12.8. The Kier molecular flexibility index (Phi) is 9.09. The van der Waals surface area contributed by atoms with Gasteiger partial charge in [-0.1, -0.05) is 54.1 Å². The number of unbranched alkanes of at least 4 members (excludes halogenated alkanes) is 2. The van der Waals surface area contributed by atoms with Crippen LogP contribution in [-0.4, -0.2) is 45.8 Å². The number of rotatable bonds is 9. The molecule has 2 N–H and O–H groups in total. The van der Waals surface area contributed by atoms with E-state index in [0.717, 1.165) is 12.0 Å². The Morgan fingerprint density at radius 1 is 1.18 bits per heavy atom. The molecular formula is C24H23ClN2O5S2. The molecule has 34 heavy (non-hydrogen) atoms. The van der Waals surface area contributed by atoms with Crippen molar-refractivity contribution in [1.29, 1.82) is 0 Å². The molecule has 0 aliphatic carbocycles. The van der Waals surface area contributed by atoms with Gasteiger partial charge in [0.2, 0.25) is 5.91 Å². The van der Waals surface area contributed by atoms with E-state index >= 15 is 0 Å². The van der Waals surface area contributed by atoms with Crippen LogP contribution in [-0.2, 0) is 14.3 Å². The van der Waals surface area contributed by atoms with Gasteiger partial charge in [0.1, 0.15) is 10.1 Å². The molecule has 1 saturated heterocycles. The van der Waals surface area contributed by atoms with Crippen molar-refractivity contribution in [3.63, 3.8) is 0 Å². The number of thioether (sulfide) groups is 1. The topological polar surface area (TPSA) is 95.9 Å². The number of hydrogen-bond donors (Lipinski definition) is 2. The van der Waals surface area contributed by atoms with Crippen LogP contribution in [0.25, 0.3) is 6.08 Å². The molecule has 2 amide bonds. The number of anilines is 1. The third kappa shape index (κ3) is 6.82. The van der Waals surface area contributed by atoms with Gasteiger partial charge in [0.05, 0.1) is 23.3 Å². The van der Waals surface area contributed by atoms with Crippen LogP contribution in [0, 0.1) is 0 Å². The van der Waals surface area contributed by atoms with Gasteiger partial charge in [-0.25, -0.2) is 4.79 Å². The molecule has 2 aromatic carbocycles. The molecule has 0 unspecified atom stereocenters. The zero-order chi connectivity index (χ0) is 24.7. The highest BCUT2D eigenvalue weighted by Gasteiger charge is 2.31. The van der Waals surface area contributed by atoms with Crippen LogP contribution in [0.1, 0.15) is 41.6 Å². The van der Waals surface area contributed by atoms with Crippen LogP contribution < -0.4 is 5.32 Å². The molecule has 0 saturated carbocycles. The molecule has 10 heteroatoms. The van der Waals surface area contributed by atoms with Crippen molar-refractivity contribution in [2.45, 2.75) is 25.7 Å². The number of halogens is 1. The van der Waals surface area contributed by atoms with Crippen molar-refractivity contribution >= 4 is 69.4 Å². The molecule has 178 valence electrons. The Bertz CT molecular complexity index is 1130. The second kappa shape index (κ2) is 12.0.